The Kier molecular flexibility index (Phi) is 2.88. The van der Waals surface area contributed by atoms with Gasteiger partial charge in [0.05, 0.1) is 13.2 Å². The summed E-state index contributed by atoms with van der Waals surface area (Å²) in [7, 11) is 0. The van der Waals surface area contributed by atoms with Crippen LogP contribution in [0.15, 0.2) is 29.2 Å². The van der Waals surface area contributed by atoms with E-state index in [4.69, 9.17) is 8.92 Å². The van der Waals surface area contributed by atoms with Gasteiger partial charge in [0.1, 0.15) is 6.10 Å². The van der Waals surface area contributed by atoms with Crippen molar-refractivity contribution in [3.63, 3.8) is 0 Å². The SMILES string of the molecule is Cc1ccc(SOC[C@@H]2CO2)cc1. The third kappa shape index (κ3) is 3.03. The van der Waals surface area contributed by atoms with E-state index in [2.05, 4.69) is 31.2 Å². The Balaban J connectivity index is 1.76. The molecule has 1 aliphatic rings. The first-order valence-electron chi connectivity index (χ1n) is 4.32. The highest BCUT2D eigenvalue weighted by Gasteiger charge is 2.22. The summed E-state index contributed by atoms with van der Waals surface area (Å²) >= 11 is 1.42. The molecular formula is C10H12O2S. The molecule has 2 rings (SSSR count). The van der Waals surface area contributed by atoms with Crippen LogP contribution in [0.2, 0.25) is 0 Å². The Hall–Kier alpha value is -0.510. The van der Waals surface area contributed by atoms with Gasteiger partial charge < -0.3 is 8.92 Å². The second kappa shape index (κ2) is 4.13. The highest BCUT2D eigenvalue weighted by molar-refractivity contribution is 7.94. The summed E-state index contributed by atoms with van der Waals surface area (Å²) in [5.74, 6) is 0. The summed E-state index contributed by atoms with van der Waals surface area (Å²) in [5, 5.41) is 0. The Labute approximate surface area is 82.4 Å². The fraction of sp³-hybridized carbons (Fsp3) is 0.400. The third-order valence-corrected chi connectivity index (χ3v) is 2.55. The van der Waals surface area contributed by atoms with Crippen molar-refractivity contribution < 1.29 is 8.92 Å². The first kappa shape index (κ1) is 9.06. The smallest absolute Gasteiger partial charge is 0.106 e. The molecule has 0 radical (unpaired) electrons. The zero-order valence-electron chi connectivity index (χ0n) is 7.53. The van der Waals surface area contributed by atoms with Gasteiger partial charge in [-0.1, -0.05) is 17.7 Å². The monoisotopic (exact) mass is 196 g/mol. The Morgan fingerprint density at radius 2 is 2.15 bits per heavy atom. The van der Waals surface area contributed by atoms with Crippen LogP contribution in [0, 0.1) is 6.92 Å². The molecule has 0 amide bonds. The van der Waals surface area contributed by atoms with Gasteiger partial charge in [0, 0.05) is 16.9 Å². The van der Waals surface area contributed by atoms with Crippen LogP contribution in [-0.4, -0.2) is 19.3 Å². The Morgan fingerprint density at radius 3 is 2.77 bits per heavy atom. The van der Waals surface area contributed by atoms with Crippen molar-refractivity contribution in [3.8, 4) is 0 Å². The van der Waals surface area contributed by atoms with E-state index in [-0.39, 0.29) is 0 Å². The number of rotatable bonds is 4. The van der Waals surface area contributed by atoms with E-state index < -0.39 is 0 Å². The van der Waals surface area contributed by atoms with Gasteiger partial charge in [-0.2, -0.15) is 0 Å². The number of aryl methyl sites for hydroxylation is 1. The van der Waals surface area contributed by atoms with Gasteiger partial charge in [0.15, 0.2) is 0 Å². The minimum absolute atomic E-state index is 0.345. The van der Waals surface area contributed by atoms with E-state index >= 15 is 0 Å². The van der Waals surface area contributed by atoms with E-state index in [1.807, 2.05) is 0 Å². The maximum absolute atomic E-state index is 5.38. The Bertz CT molecular complexity index is 267. The van der Waals surface area contributed by atoms with Gasteiger partial charge in [-0.05, 0) is 19.1 Å². The third-order valence-electron chi connectivity index (χ3n) is 1.83. The molecule has 0 bridgehead atoms. The predicted molar refractivity (Wildman–Crippen MR) is 52.7 cm³/mol. The summed E-state index contributed by atoms with van der Waals surface area (Å²) < 4.78 is 10.4. The predicted octanol–water partition coefficient (Wildman–Crippen LogP) is 2.42. The molecular weight excluding hydrogens is 184 g/mol. The van der Waals surface area contributed by atoms with Gasteiger partial charge in [-0.25, -0.2) is 0 Å². The second-order valence-electron chi connectivity index (χ2n) is 3.14. The van der Waals surface area contributed by atoms with E-state index in [1.165, 1.54) is 17.6 Å². The van der Waals surface area contributed by atoms with Crippen molar-refractivity contribution in [1.29, 1.82) is 0 Å². The van der Waals surface area contributed by atoms with Gasteiger partial charge in [0.2, 0.25) is 0 Å². The molecule has 1 heterocycles. The van der Waals surface area contributed by atoms with Gasteiger partial charge in [-0.15, -0.1) is 0 Å². The van der Waals surface area contributed by atoms with Crippen LogP contribution >= 0.6 is 12.0 Å². The van der Waals surface area contributed by atoms with E-state index in [0.717, 1.165) is 11.5 Å². The van der Waals surface area contributed by atoms with Crippen molar-refractivity contribution in [2.45, 2.75) is 17.9 Å². The standard InChI is InChI=1S/C10H12O2S/c1-8-2-4-10(5-3-8)13-12-7-9-6-11-9/h2-5,9H,6-7H2,1H3/t9-/m0/s1. The number of epoxide rings is 1. The number of hydrogen-bond acceptors (Lipinski definition) is 3. The summed E-state index contributed by atoms with van der Waals surface area (Å²) in [6, 6.07) is 8.29. The molecule has 1 fully saturated rings. The van der Waals surface area contributed by atoms with E-state index in [1.54, 1.807) is 0 Å². The molecule has 70 valence electrons. The molecule has 0 unspecified atom stereocenters. The minimum atomic E-state index is 0.345. The lowest BCUT2D eigenvalue weighted by Gasteiger charge is -2.00. The van der Waals surface area contributed by atoms with Crippen LogP contribution in [0.5, 0.6) is 0 Å². The van der Waals surface area contributed by atoms with Crippen LogP contribution in [0.4, 0.5) is 0 Å². The summed E-state index contributed by atoms with van der Waals surface area (Å²) in [4.78, 5) is 1.14. The van der Waals surface area contributed by atoms with E-state index in [9.17, 15) is 0 Å². The molecule has 0 spiro atoms. The van der Waals surface area contributed by atoms with Crippen LogP contribution < -0.4 is 0 Å². The molecule has 1 aliphatic heterocycles. The lowest BCUT2D eigenvalue weighted by Crippen LogP contribution is -1.94. The maximum Gasteiger partial charge on any atom is 0.106 e. The maximum atomic E-state index is 5.38. The summed E-state index contributed by atoms with van der Waals surface area (Å²) in [6.07, 6.45) is 0.345. The number of ether oxygens (including phenoxy) is 1. The first-order valence-corrected chi connectivity index (χ1v) is 5.06. The number of hydrogen-bond donors (Lipinski definition) is 0. The van der Waals surface area contributed by atoms with Crippen molar-refractivity contribution in [1.82, 2.24) is 0 Å². The lowest BCUT2D eigenvalue weighted by atomic mass is 10.2. The topological polar surface area (TPSA) is 21.8 Å². The van der Waals surface area contributed by atoms with Crippen molar-refractivity contribution in [2.75, 3.05) is 13.2 Å². The van der Waals surface area contributed by atoms with Gasteiger partial charge in [-0.3, -0.25) is 0 Å². The molecule has 1 atom stereocenters. The zero-order valence-corrected chi connectivity index (χ0v) is 8.34. The van der Waals surface area contributed by atoms with Crippen molar-refractivity contribution in [3.05, 3.63) is 29.8 Å². The molecule has 0 saturated carbocycles. The minimum Gasteiger partial charge on any atom is -0.371 e. The van der Waals surface area contributed by atoms with Crippen molar-refractivity contribution in [2.24, 2.45) is 0 Å². The molecule has 13 heavy (non-hydrogen) atoms. The molecule has 1 saturated heterocycles. The largest absolute Gasteiger partial charge is 0.371 e. The van der Waals surface area contributed by atoms with Crippen LogP contribution in [-0.2, 0) is 8.92 Å². The molecule has 0 aliphatic carbocycles. The van der Waals surface area contributed by atoms with Crippen molar-refractivity contribution >= 4 is 12.0 Å². The molecule has 3 heteroatoms. The average molecular weight is 196 g/mol. The van der Waals surface area contributed by atoms with E-state index in [0.29, 0.717) is 12.7 Å². The lowest BCUT2D eigenvalue weighted by molar-refractivity contribution is 0.295. The van der Waals surface area contributed by atoms with Crippen LogP contribution in [0.3, 0.4) is 0 Å². The fourth-order valence-corrected chi connectivity index (χ4v) is 1.54. The second-order valence-corrected chi connectivity index (χ2v) is 4.01. The average Bonchev–Trinajstić information content (AvgIpc) is 2.92. The molecule has 1 aromatic rings. The van der Waals surface area contributed by atoms with Gasteiger partial charge >= 0.3 is 0 Å². The quantitative estimate of drug-likeness (QED) is 0.545. The summed E-state index contributed by atoms with van der Waals surface area (Å²) in [6.45, 7) is 3.63. The summed E-state index contributed by atoms with van der Waals surface area (Å²) in [5.41, 5.74) is 1.27. The molecule has 1 aromatic carbocycles. The highest BCUT2D eigenvalue weighted by Crippen LogP contribution is 2.21. The fourth-order valence-electron chi connectivity index (χ4n) is 0.936. The normalized spacial score (nSPS) is 20.2. The molecule has 0 aromatic heterocycles. The number of benzene rings is 1. The molecule has 2 nitrogen and oxygen atoms in total. The molecule has 0 N–H and O–H groups in total. The van der Waals surface area contributed by atoms with Crippen LogP contribution in [0.25, 0.3) is 0 Å². The highest BCUT2D eigenvalue weighted by atomic mass is 32.2. The van der Waals surface area contributed by atoms with Crippen LogP contribution in [0.1, 0.15) is 5.56 Å². The zero-order chi connectivity index (χ0) is 9.10. The Morgan fingerprint density at radius 1 is 1.46 bits per heavy atom. The first-order chi connectivity index (χ1) is 6.34. The van der Waals surface area contributed by atoms with Gasteiger partial charge in [0.25, 0.3) is 0 Å².